The number of nitrogens with zero attached hydrogens (tertiary/aromatic N) is 2. The fourth-order valence-corrected chi connectivity index (χ4v) is 1.51. The second-order valence-electron chi connectivity index (χ2n) is 3.33. The summed E-state index contributed by atoms with van der Waals surface area (Å²) in [6, 6.07) is 10.8. The van der Waals surface area contributed by atoms with Gasteiger partial charge in [0, 0.05) is 12.4 Å². The number of carbonyl (C=O) groups is 1. The van der Waals surface area contributed by atoms with Gasteiger partial charge in [0.05, 0.1) is 0 Å². The van der Waals surface area contributed by atoms with Crippen LogP contribution in [0.3, 0.4) is 0 Å². The summed E-state index contributed by atoms with van der Waals surface area (Å²) in [5, 5.41) is 1.80. The second kappa shape index (κ2) is 5.41. The Morgan fingerprint density at radius 2 is 1.76 bits per heavy atom. The summed E-state index contributed by atoms with van der Waals surface area (Å²) in [5.74, 6) is -0.0943. The van der Waals surface area contributed by atoms with Crippen LogP contribution in [-0.4, -0.2) is 15.9 Å². The van der Waals surface area contributed by atoms with Gasteiger partial charge in [0.15, 0.2) is 0 Å². The van der Waals surface area contributed by atoms with Crippen LogP contribution in [0.25, 0.3) is 0 Å². The van der Waals surface area contributed by atoms with E-state index in [-0.39, 0.29) is 11.9 Å². The molecular formula is C12H10ClN3O. The quantitative estimate of drug-likeness (QED) is 0.848. The monoisotopic (exact) mass is 247 g/mol. The normalized spacial score (nSPS) is 11.8. The van der Waals surface area contributed by atoms with E-state index < -0.39 is 5.38 Å². The maximum Gasteiger partial charge on any atom is 0.249 e. The van der Waals surface area contributed by atoms with E-state index in [1.54, 1.807) is 30.6 Å². The summed E-state index contributed by atoms with van der Waals surface area (Å²) < 4.78 is 0. The van der Waals surface area contributed by atoms with Gasteiger partial charge in [-0.1, -0.05) is 30.3 Å². The minimum Gasteiger partial charge on any atom is -0.293 e. The number of aromatic nitrogens is 2. The molecule has 1 unspecified atom stereocenters. The van der Waals surface area contributed by atoms with E-state index in [1.165, 1.54) is 0 Å². The average Bonchev–Trinajstić information content (AvgIpc) is 2.40. The number of amides is 1. The third-order valence-electron chi connectivity index (χ3n) is 2.12. The lowest BCUT2D eigenvalue weighted by Gasteiger charge is -2.09. The minimum absolute atomic E-state index is 0.249. The number of anilines is 1. The molecule has 5 heteroatoms. The molecule has 2 rings (SSSR count). The van der Waals surface area contributed by atoms with E-state index in [1.807, 2.05) is 18.2 Å². The molecule has 17 heavy (non-hydrogen) atoms. The first-order chi connectivity index (χ1) is 8.27. The van der Waals surface area contributed by atoms with Gasteiger partial charge in [0.25, 0.3) is 0 Å². The first-order valence-corrected chi connectivity index (χ1v) is 5.48. The van der Waals surface area contributed by atoms with Gasteiger partial charge < -0.3 is 0 Å². The van der Waals surface area contributed by atoms with Crippen molar-refractivity contribution in [2.75, 3.05) is 5.32 Å². The average molecular weight is 248 g/mol. The van der Waals surface area contributed by atoms with Gasteiger partial charge in [0.1, 0.15) is 5.38 Å². The molecule has 0 saturated carbocycles. The molecule has 0 spiro atoms. The van der Waals surface area contributed by atoms with Crippen LogP contribution in [0.4, 0.5) is 5.95 Å². The van der Waals surface area contributed by atoms with E-state index in [4.69, 9.17) is 11.6 Å². The van der Waals surface area contributed by atoms with Gasteiger partial charge >= 0.3 is 0 Å². The maximum absolute atomic E-state index is 11.8. The first-order valence-electron chi connectivity index (χ1n) is 5.04. The highest BCUT2D eigenvalue weighted by molar-refractivity contribution is 6.32. The molecule has 0 aliphatic rings. The van der Waals surface area contributed by atoms with Crippen LogP contribution in [-0.2, 0) is 4.79 Å². The van der Waals surface area contributed by atoms with Crippen LogP contribution in [0.5, 0.6) is 0 Å². The number of carbonyl (C=O) groups excluding carboxylic acids is 1. The summed E-state index contributed by atoms with van der Waals surface area (Å²) >= 11 is 6.04. The lowest BCUT2D eigenvalue weighted by Crippen LogP contribution is -2.18. The zero-order valence-electron chi connectivity index (χ0n) is 8.88. The fraction of sp³-hybridized carbons (Fsp3) is 0.0833. The van der Waals surface area contributed by atoms with Crippen LogP contribution in [0.1, 0.15) is 10.9 Å². The molecule has 0 radical (unpaired) electrons. The van der Waals surface area contributed by atoms with Crippen molar-refractivity contribution in [3.63, 3.8) is 0 Å². The highest BCUT2D eigenvalue weighted by Crippen LogP contribution is 2.21. The smallest absolute Gasteiger partial charge is 0.249 e. The molecule has 1 aromatic carbocycles. The van der Waals surface area contributed by atoms with Crippen LogP contribution < -0.4 is 5.32 Å². The molecule has 2 aromatic rings. The van der Waals surface area contributed by atoms with Crippen molar-refractivity contribution >= 4 is 23.5 Å². The third-order valence-corrected chi connectivity index (χ3v) is 2.57. The Morgan fingerprint density at radius 1 is 1.12 bits per heavy atom. The van der Waals surface area contributed by atoms with E-state index in [0.717, 1.165) is 5.56 Å². The van der Waals surface area contributed by atoms with Crippen LogP contribution >= 0.6 is 11.6 Å². The zero-order chi connectivity index (χ0) is 12.1. The summed E-state index contributed by atoms with van der Waals surface area (Å²) in [6.07, 6.45) is 3.10. The second-order valence-corrected chi connectivity index (χ2v) is 3.77. The summed E-state index contributed by atoms with van der Waals surface area (Å²) in [4.78, 5) is 19.6. The molecule has 0 bridgehead atoms. The Hall–Kier alpha value is -1.94. The summed E-state index contributed by atoms with van der Waals surface area (Å²) in [6.45, 7) is 0. The van der Waals surface area contributed by atoms with E-state index >= 15 is 0 Å². The Kier molecular flexibility index (Phi) is 3.67. The molecule has 1 aromatic heterocycles. The number of alkyl halides is 1. The molecule has 0 aliphatic carbocycles. The van der Waals surface area contributed by atoms with Crippen molar-refractivity contribution in [1.29, 1.82) is 0 Å². The number of hydrogen-bond acceptors (Lipinski definition) is 3. The maximum atomic E-state index is 11.8. The third kappa shape index (κ3) is 3.01. The summed E-state index contributed by atoms with van der Waals surface area (Å²) in [7, 11) is 0. The lowest BCUT2D eigenvalue weighted by molar-refractivity contribution is -0.116. The summed E-state index contributed by atoms with van der Waals surface area (Å²) in [5.41, 5.74) is 0.739. The van der Waals surface area contributed by atoms with Gasteiger partial charge in [0.2, 0.25) is 11.9 Å². The lowest BCUT2D eigenvalue weighted by atomic mass is 10.1. The van der Waals surface area contributed by atoms with Crippen molar-refractivity contribution < 1.29 is 4.79 Å². The number of rotatable bonds is 3. The molecule has 1 amide bonds. The SMILES string of the molecule is O=C(Nc1ncccn1)C(Cl)c1ccccc1. The van der Waals surface area contributed by atoms with E-state index in [2.05, 4.69) is 15.3 Å². The molecule has 0 aliphatic heterocycles. The van der Waals surface area contributed by atoms with Crippen molar-refractivity contribution in [1.82, 2.24) is 9.97 Å². The van der Waals surface area contributed by atoms with Crippen LogP contribution in [0.15, 0.2) is 48.8 Å². The Bertz CT molecular complexity index is 490. The number of nitrogens with one attached hydrogen (secondary N) is 1. The van der Waals surface area contributed by atoms with Crippen molar-refractivity contribution in [2.45, 2.75) is 5.38 Å². The van der Waals surface area contributed by atoms with Crippen LogP contribution in [0.2, 0.25) is 0 Å². The van der Waals surface area contributed by atoms with E-state index in [0.29, 0.717) is 0 Å². The van der Waals surface area contributed by atoms with Gasteiger partial charge in [-0.05, 0) is 11.6 Å². The molecule has 1 atom stereocenters. The predicted octanol–water partition coefficient (Wildman–Crippen LogP) is 2.40. The Labute approximate surface area is 104 Å². The van der Waals surface area contributed by atoms with Gasteiger partial charge in [-0.15, -0.1) is 11.6 Å². The van der Waals surface area contributed by atoms with Crippen molar-refractivity contribution in [3.8, 4) is 0 Å². The molecule has 0 fully saturated rings. The molecule has 1 N–H and O–H groups in total. The van der Waals surface area contributed by atoms with Gasteiger partial charge in [-0.2, -0.15) is 0 Å². The molecule has 86 valence electrons. The molecular weight excluding hydrogens is 238 g/mol. The van der Waals surface area contributed by atoms with Crippen LogP contribution in [0, 0.1) is 0 Å². The topological polar surface area (TPSA) is 54.9 Å². The van der Waals surface area contributed by atoms with Crippen molar-refractivity contribution in [2.24, 2.45) is 0 Å². The highest BCUT2D eigenvalue weighted by Gasteiger charge is 2.17. The number of benzene rings is 1. The molecule has 4 nitrogen and oxygen atoms in total. The molecule has 1 heterocycles. The first kappa shape index (κ1) is 11.5. The zero-order valence-corrected chi connectivity index (χ0v) is 9.63. The number of hydrogen-bond donors (Lipinski definition) is 1. The highest BCUT2D eigenvalue weighted by atomic mass is 35.5. The minimum atomic E-state index is -0.750. The fourth-order valence-electron chi connectivity index (χ4n) is 1.31. The van der Waals surface area contributed by atoms with Crippen molar-refractivity contribution in [3.05, 3.63) is 54.4 Å². The number of halogens is 1. The Balaban J connectivity index is 2.06. The van der Waals surface area contributed by atoms with Gasteiger partial charge in [-0.3, -0.25) is 10.1 Å². The molecule has 0 saturated heterocycles. The van der Waals surface area contributed by atoms with E-state index in [9.17, 15) is 4.79 Å². The van der Waals surface area contributed by atoms with Gasteiger partial charge in [-0.25, -0.2) is 9.97 Å². The predicted molar refractivity (Wildman–Crippen MR) is 65.7 cm³/mol. The largest absolute Gasteiger partial charge is 0.293 e. The standard InChI is InChI=1S/C12H10ClN3O/c13-10(9-5-2-1-3-6-9)11(17)16-12-14-7-4-8-15-12/h1-8,10H,(H,14,15,16,17). The Morgan fingerprint density at radius 3 is 2.41 bits per heavy atom.